The lowest BCUT2D eigenvalue weighted by atomic mass is 10.1. The maximum atomic E-state index is 11.5. The SMILES string of the molecule is O=C(N[C@H]1CNC1=O)OCc1ccc(-c2ccccc2)nc1. The van der Waals surface area contributed by atoms with Gasteiger partial charge in [0.15, 0.2) is 0 Å². The highest BCUT2D eigenvalue weighted by Gasteiger charge is 2.29. The first kappa shape index (κ1) is 14.1. The molecule has 2 amide bonds. The van der Waals surface area contributed by atoms with Gasteiger partial charge in [-0.25, -0.2) is 4.79 Å². The van der Waals surface area contributed by atoms with Crippen molar-refractivity contribution in [1.29, 1.82) is 0 Å². The van der Waals surface area contributed by atoms with E-state index in [1.54, 1.807) is 6.20 Å². The lowest BCUT2D eigenvalue weighted by Gasteiger charge is -2.26. The predicted molar refractivity (Wildman–Crippen MR) is 79.8 cm³/mol. The number of benzene rings is 1. The maximum Gasteiger partial charge on any atom is 0.408 e. The van der Waals surface area contributed by atoms with Crippen molar-refractivity contribution >= 4 is 12.0 Å². The molecule has 1 atom stereocenters. The number of amides is 2. The summed E-state index contributed by atoms with van der Waals surface area (Å²) in [7, 11) is 0. The minimum Gasteiger partial charge on any atom is -0.445 e. The molecule has 1 aliphatic rings. The molecule has 1 aromatic heterocycles. The zero-order valence-corrected chi connectivity index (χ0v) is 11.8. The molecule has 1 saturated heterocycles. The van der Waals surface area contributed by atoms with E-state index < -0.39 is 12.1 Å². The molecule has 1 aromatic carbocycles. The molecule has 6 heteroatoms. The Hall–Kier alpha value is -2.89. The van der Waals surface area contributed by atoms with Crippen molar-refractivity contribution in [2.45, 2.75) is 12.6 Å². The molecule has 2 N–H and O–H groups in total. The van der Waals surface area contributed by atoms with Gasteiger partial charge < -0.3 is 15.4 Å². The number of rotatable bonds is 4. The minimum absolute atomic E-state index is 0.113. The van der Waals surface area contributed by atoms with Crippen LogP contribution in [0.1, 0.15) is 5.56 Å². The van der Waals surface area contributed by atoms with Crippen molar-refractivity contribution in [3.05, 3.63) is 54.2 Å². The van der Waals surface area contributed by atoms with Crippen LogP contribution in [-0.2, 0) is 16.1 Å². The fourth-order valence-electron chi connectivity index (χ4n) is 2.03. The fourth-order valence-corrected chi connectivity index (χ4v) is 2.03. The quantitative estimate of drug-likeness (QED) is 0.838. The van der Waals surface area contributed by atoms with Gasteiger partial charge in [0.25, 0.3) is 0 Å². The largest absolute Gasteiger partial charge is 0.445 e. The van der Waals surface area contributed by atoms with Gasteiger partial charge in [0, 0.05) is 23.9 Å². The molecule has 0 radical (unpaired) electrons. The van der Waals surface area contributed by atoms with Crippen molar-refractivity contribution in [2.24, 2.45) is 0 Å². The van der Waals surface area contributed by atoms with Crippen LogP contribution in [0.4, 0.5) is 4.79 Å². The summed E-state index contributed by atoms with van der Waals surface area (Å²) in [6, 6.07) is 13.1. The number of carbonyl (C=O) groups is 2. The van der Waals surface area contributed by atoms with E-state index in [4.69, 9.17) is 4.74 Å². The van der Waals surface area contributed by atoms with Gasteiger partial charge in [-0.2, -0.15) is 0 Å². The summed E-state index contributed by atoms with van der Waals surface area (Å²) in [6.07, 6.45) is 1.07. The molecule has 1 fully saturated rings. The standard InChI is InChI=1S/C16H15N3O3/c20-15-14(9-18-15)19-16(21)22-10-11-6-7-13(17-8-11)12-4-2-1-3-5-12/h1-8,14H,9-10H2,(H,18,20)(H,19,21)/t14-/m0/s1. The third-order valence-corrected chi connectivity index (χ3v) is 3.35. The van der Waals surface area contributed by atoms with Gasteiger partial charge in [-0.3, -0.25) is 9.78 Å². The fraction of sp³-hybridized carbons (Fsp3) is 0.188. The molecule has 0 unspecified atom stereocenters. The number of nitrogens with zero attached hydrogens (tertiary/aromatic N) is 1. The highest BCUT2D eigenvalue weighted by molar-refractivity contribution is 5.90. The minimum atomic E-state index is -0.605. The van der Waals surface area contributed by atoms with Gasteiger partial charge in [-0.15, -0.1) is 0 Å². The topological polar surface area (TPSA) is 80.3 Å². The van der Waals surface area contributed by atoms with Gasteiger partial charge >= 0.3 is 6.09 Å². The van der Waals surface area contributed by atoms with Crippen LogP contribution < -0.4 is 10.6 Å². The first-order valence-electron chi connectivity index (χ1n) is 6.94. The predicted octanol–water partition coefficient (Wildman–Crippen LogP) is 1.47. The van der Waals surface area contributed by atoms with Crippen LogP contribution in [0.25, 0.3) is 11.3 Å². The van der Waals surface area contributed by atoms with E-state index in [1.165, 1.54) is 0 Å². The number of alkyl carbamates (subject to hydrolysis) is 1. The summed E-state index contributed by atoms with van der Waals surface area (Å²) in [4.78, 5) is 26.9. The first-order chi connectivity index (χ1) is 10.7. The number of aromatic nitrogens is 1. The molecule has 22 heavy (non-hydrogen) atoms. The molecule has 1 aliphatic heterocycles. The van der Waals surface area contributed by atoms with Crippen LogP contribution in [0.5, 0.6) is 0 Å². The van der Waals surface area contributed by atoms with E-state index in [1.807, 2.05) is 42.5 Å². The molecular weight excluding hydrogens is 282 g/mol. The van der Waals surface area contributed by atoms with Crippen molar-refractivity contribution < 1.29 is 14.3 Å². The third kappa shape index (κ3) is 3.22. The van der Waals surface area contributed by atoms with Crippen LogP contribution in [0.3, 0.4) is 0 Å². The molecule has 0 saturated carbocycles. The highest BCUT2D eigenvalue weighted by Crippen LogP contribution is 2.16. The van der Waals surface area contributed by atoms with Crippen molar-refractivity contribution in [2.75, 3.05) is 6.54 Å². The number of nitrogens with one attached hydrogen (secondary N) is 2. The average molecular weight is 297 g/mol. The molecule has 6 nitrogen and oxygen atoms in total. The maximum absolute atomic E-state index is 11.5. The summed E-state index contributed by atoms with van der Waals surface area (Å²) >= 11 is 0. The Bertz CT molecular complexity index is 671. The van der Waals surface area contributed by atoms with Crippen molar-refractivity contribution in [3.8, 4) is 11.3 Å². The second-order valence-corrected chi connectivity index (χ2v) is 4.94. The van der Waals surface area contributed by atoms with Crippen molar-refractivity contribution in [3.63, 3.8) is 0 Å². The Balaban J connectivity index is 1.53. The second-order valence-electron chi connectivity index (χ2n) is 4.94. The van der Waals surface area contributed by atoms with Crippen LogP contribution in [0.2, 0.25) is 0 Å². The van der Waals surface area contributed by atoms with Gasteiger partial charge in [0.1, 0.15) is 12.6 Å². The normalized spacial score (nSPS) is 16.4. The van der Waals surface area contributed by atoms with E-state index in [-0.39, 0.29) is 12.5 Å². The smallest absolute Gasteiger partial charge is 0.408 e. The Morgan fingerprint density at radius 2 is 2.09 bits per heavy atom. The Morgan fingerprint density at radius 3 is 2.68 bits per heavy atom. The summed E-state index contributed by atoms with van der Waals surface area (Å²) in [5.41, 5.74) is 2.68. The zero-order chi connectivity index (χ0) is 15.4. The molecule has 0 bridgehead atoms. The van der Waals surface area contributed by atoms with Crippen LogP contribution >= 0.6 is 0 Å². The van der Waals surface area contributed by atoms with Gasteiger partial charge in [-0.1, -0.05) is 36.4 Å². The molecule has 112 valence electrons. The van der Waals surface area contributed by atoms with E-state index >= 15 is 0 Å². The molecule has 0 spiro atoms. The molecular formula is C16H15N3O3. The zero-order valence-electron chi connectivity index (χ0n) is 11.8. The molecule has 3 rings (SSSR count). The monoisotopic (exact) mass is 297 g/mol. The van der Waals surface area contributed by atoms with Gasteiger partial charge in [0.2, 0.25) is 5.91 Å². The number of β-lactam (4-membered cyclic amide) rings is 1. The lowest BCUT2D eigenvalue weighted by molar-refractivity contribution is -0.128. The number of pyridine rings is 1. The van der Waals surface area contributed by atoms with E-state index in [2.05, 4.69) is 15.6 Å². The number of ether oxygens (including phenoxy) is 1. The van der Waals surface area contributed by atoms with Crippen LogP contribution in [-0.4, -0.2) is 29.6 Å². The van der Waals surface area contributed by atoms with Gasteiger partial charge in [-0.05, 0) is 6.07 Å². The Labute approximate surface area is 127 Å². The number of hydrogen-bond acceptors (Lipinski definition) is 4. The molecule has 0 aliphatic carbocycles. The Morgan fingerprint density at radius 1 is 1.27 bits per heavy atom. The molecule has 2 aromatic rings. The lowest BCUT2D eigenvalue weighted by Crippen LogP contribution is -2.61. The van der Waals surface area contributed by atoms with Crippen LogP contribution in [0.15, 0.2) is 48.7 Å². The van der Waals surface area contributed by atoms with Crippen LogP contribution in [0, 0.1) is 0 Å². The van der Waals surface area contributed by atoms with E-state index in [9.17, 15) is 9.59 Å². The Kier molecular flexibility index (Phi) is 4.00. The summed E-state index contributed by atoms with van der Waals surface area (Å²) in [6.45, 7) is 0.559. The third-order valence-electron chi connectivity index (χ3n) is 3.35. The van der Waals surface area contributed by atoms with E-state index in [0.29, 0.717) is 6.54 Å². The summed E-state index contributed by atoms with van der Waals surface area (Å²) in [5, 5.41) is 5.02. The first-order valence-corrected chi connectivity index (χ1v) is 6.94. The van der Waals surface area contributed by atoms with Crippen molar-refractivity contribution in [1.82, 2.24) is 15.6 Å². The molecule has 2 heterocycles. The van der Waals surface area contributed by atoms with E-state index in [0.717, 1.165) is 16.8 Å². The average Bonchev–Trinajstić information content (AvgIpc) is 2.58. The number of carbonyl (C=O) groups excluding carboxylic acids is 2. The second kappa shape index (κ2) is 6.26. The summed E-state index contributed by atoms with van der Waals surface area (Å²) in [5.74, 6) is -0.189. The highest BCUT2D eigenvalue weighted by atomic mass is 16.5. The number of hydrogen-bond donors (Lipinski definition) is 2. The van der Waals surface area contributed by atoms with Gasteiger partial charge in [0.05, 0.1) is 5.69 Å². The summed E-state index contributed by atoms with van der Waals surface area (Å²) < 4.78 is 5.06.